The molecule has 0 aromatic heterocycles. The third kappa shape index (κ3) is 5.08. The molecular formula is C24H30ClNO2. The molecule has 150 valence electrons. The lowest BCUT2D eigenvalue weighted by Crippen LogP contribution is -2.33. The maximum absolute atomic E-state index is 13.5. The van der Waals surface area contributed by atoms with Gasteiger partial charge in [-0.05, 0) is 73.4 Å². The predicted octanol–water partition coefficient (Wildman–Crippen LogP) is 5.88. The van der Waals surface area contributed by atoms with Crippen LogP contribution in [0.25, 0.3) is 0 Å². The van der Waals surface area contributed by atoms with Crippen molar-refractivity contribution in [1.82, 2.24) is 0 Å². The Kier molecular flexibility index (Phi) is 7.38. The van der Waals surface area contributed by atoms with Crippen LogP contribution in [-0.2, 0) is 12.8 Å². The molecule has 0 N–H and O–H groups in total. The summed E-state index contributed by atoms with van der Waals surface area (Å²) in [4.78, 5) is 15.3. The van der Waals surface area contributed by atoms with Gasteiger partial charge in [0, 0.05) is 18.0 Å². The van der Waals surface area contributed by atoms with Crippen LogP contribution in [0, 0.1) is 5.92 Å². The molecule has 28 heavy (non-hydrogen) atoms. The molecule has 3 rings (SSSR count). The molecule has 1 aliphatic carbocycles. The number of alkyl halides is 1. The van der Waals surface area contributed by atoms with E-state index in [1.165, 1.54) is 24.0 Å². The minimum Gasteiger partial charge on any atom is -0.491 e. The number of hydrogen-bond donors (Lipinski definition) is 0. The number of carbonyl (C=O) groups is 1. The zero-order chi connectivity index (χ0) is 19.9. The zero-order valence-electron chi connectivity index (χ0n) is 16.9. The van der Waals surface area contributed by atoms with Crippen molar-refractivity contribution in [2.45, 2.75) is 46.0 Å². The molecule has 0 fully saturated rings. The highest BCUT2D eigenvalue weighted by atomic mass is 35.5. The maximum Gasteiger partial charge on any atom is 0.258 e. The molecule has 0 bridgehead atoms. The van der Waals surface area contributed by atoms with Crippen molar-refractivity contribution < 1.29 is 9.53 Å². The van der Waals surface area contributed by atoms with E-state index in [9.17, 15) is 4.79 Å². The monoisotopic (exact) mass is 399 g/mol. The highest BCUT2D eigenvalue weighted by Crippen LogP contribution is 2.31. The van der Waals surface area contributed by atoms with E-state index in [-0.39, 0.29) is 5.91 Å². The summed E-state index contributed by atoms with van der Waals surface area (Å²) in [6.45, 7) is 5.42. The molecule has 4 heteroatoms. The van der Waals surface area contributed by atoms with Crippen LogP contribution in [0.5, 0.6) is 5.75 Å². The summed E-state index contributed by atoms with van der Waals surface area (Å²) in [5, 5.41) is 0. The van der Waals surface area contributed by atoms with Gasteiger partial charge in [0.05, 0.1) is 12.3 Å². The second-order valence-electron chi connectivity index (χ2n) is 7.86. The van der Waals surface area contributed by atoms with Gasteiger partial charge in [-0.15, -0.1) is 11.6 Å². The molecule has 3 nitrogen and oxygen atoms in total. The number of hydrogen-bond acceptors (Lipinski definition) is 2. The molecule has 2 aromatic carbocycles. The molecule has 2 aromatic rings. The highest BCUT2D eigenvalue weighted by Gasteiger charge is 2.22. The highest BCUT2D eigenvalue weighted by molar-refractivity contribution is 6.18. The van der Waals surface area contributed by atoms with Crippen LogP contribution in [0.1, 0.15) is 54.6 Å². The first kappa shape index (κ1) is 20.7. The molecule has 0 radical (unpaired) electrons. The Morgan fingerprint density at radius 3 is 2.61 bits per heavy atom. The number of ether oxygens (including phenoxy) is 1. The zero-order valence-corrected chi connectivity index (χ0v) is 17.7. The summed E-state index contributed by atoms with van der Waals surface area (Å²) in [5.74, 6) is 1.69. The molecule has 1 amide bonds. The van der Waals surface area contributed by atoms with Gasteiger partial charge < -0.3 is 9.64 Å². The minimum absolute atomic E-state index is 0.0130. The van der Waals surface area contributed by atoms with E-state index >= 15 is 0 Å². The number of halogens is 1. The lowest BCUT2D eigenvalue weighted by Gasteiger charge is -2.26. The lowest BCUT2D eigenvalue weighted by atomic mass is 9.90. The van der Waals surface area contributed by atoms with Crippen molar-refractivity contribution in [2.75, 3.05) is 23.9 Å². The standard InChI is InChI=1S/C24H30ClNO2/c1-18(2)17-28-23-11-6-5-10-22(23)26(15-7-14-25)24(27)21-13-12-19-8-3-4-9-20(19)16-21/h5-6,10-13,16,18H,3-4,7-9,14-15,17H2,1-2H3. The van der Waals surface area contributed by atoms with Gasteiger partial charge in [-0.25, -0.2) is 0 Å². The maximum atomic E-state index is 13.5. The smallest absolute Gasteiger partial charge is 0.258 e. The van der Waals surface area contributed by atoms with Crippen LogP contribution in [0.4, 0.5) is 5.69 Å². The summed E-state index contributed by atoms with van der Waals surface area (Å²) in [6.07, 6.45) is 5.35. The Bertz CT molecular complexity index is 803. The van der Waals surface area contributed by atoms with Gasteiger partial charge in [-0.2, -0.15) is 0 Å². The fraction of sp³-hybridized carbons (Fsp3) is 0.458. The molecule has 0 saturated heterocycles. The van der Waals surface area contributed by atoms with Crippen molar-refractivity contribution in [3.05, 3.63) is 59.2 Å². The molecule has 0 unspecified atom stereocenters. The third-order valence-electron chi connectivity index (χ3n) is 5.08. The van der Waals surface area contributed by atoms with E-state index in [0.717, 1.165) is 36.3 Å². The fourth-order valence-electron chi connectivity index (χ4n) is 3.63. The number of rotatable bonds is 8. The summed E-state index contributed by atoms with van der Waals surface area (Å²) >= 11 is 5.95. The van der Waals surface area contributed by atoms with Gasteiger partial charge in [0.15, 0.2) is 0 Å². The van der Waals surface area contributed by atoms with Gasteiger partial charge in [0.2, 0.25) is 0 Å². The SMILES string of the molecule is CC(C)COc1ccccc1N(CCCCl)C(=O)c1ccc2c(c1)CCCC2. The van der Waals surface area contributed by atoms with E-state index in [2.05, 4.69) is 26.0 Å². The first-order valence-electron chi connectivity index (χ1n) is 10.3. The van der Waals surface area contributed by atoms with Gasteiger partial charge in [-0.1, -0.05) is 32.0 Å². The molecule has 1 aliphatic rings. The Balaban J connectivity index is 1.91. The van der Waals surface area contributed by atoms with Crippen molar-refractivity contribution in [3.8, 4) is 5.75 Å². The number of para-hydroxylation sites is 2. The molecule has 0 heterocycles. The second kappa shape index (κ2) is 9.97. The minimum atomic E-state index is 0.0130. The van der Waals surface area contributed by atoms with E-state index < -0.39 is 0 Å². The van der Waals surface area contributed by atoms with E-state index in [1.807, 2.05) is 35.2 Å². The first-order chi connectivity index (χ1) is 13.6. The number of carbonyl (C=O) groups excluding carboxylic acids is 1. The largest absolute Gasteiger partial charge is 0.491 e. The number of anilines is 1. The second-order valence-corrected chi connectivity index (χ2v) is 8.24. The Morgan fingerprint density at radius 1 is 1.11 bits per heavy atom. The van der Waals surface area contributed by atoms with E-state index in [4.69, 9.17) is 16.3 Å². The molecule has 0 atom stereocenters. The number of nitrogens with zero attached hydrogens (tertiary/aromatic N) is 1. The Morgan fingerprint density at radius 2 is 1.86 bits per heavy atom. The van der Waals surface area contributed by atoms with Crippen molar-refractivity contribution in [3.63, 3.8) is 0 Å². The van der Waals surface area contributed by atoms with Crippen molar-refractivity contribution >= 4 is 23.2 Å². The van der Waals surface area contributed by atoms with Crippen LogP contribution >= 0.6 is 11.6 Å². The van der Waals surface area contributed by atoms with Crippen molar-refractivity contribution in [1.29, 1.82) is 0 Å². The normalized spacial score (nSPS) is 13.3. The molecule has 0 saturated carbocycles. The van der Waals surface area contributed by atoms with Crippen molar-refractivity contribution in [2.24, 2.45) is 5.92 Å². The van der Waals surface area contributed by atoms with Gasteiger partial charge in [0.25, 0.3) is 5.91 Å². The van der Waals surface area contributed by atoms with Gasteiger partial charge in [0.1, 0.15) is 5.75 Å². The number of fused-ring (bicyclic) bond motifs is 1. The lowest BCUT2D eigenvalue weighted by molar-refractivity contribution is 0.0986. The number of benzene rings is 2. The van der Waals surface area contributed by atoms with Crippen LogP contribution in [-0.4, -0.2) is 24.9 Å². The average molecular weight is 400 g/mol. The molecule has 0 aliphatic heterocycles. The number of amides is 1. The summed E-state index contributed by atoms with van der Waals surface area (Å²) < 4.78 is 6.01. The van der Waals surface area contributed by atoms with Gasteiger partial charge in [-0.3, -0.25) is 4.79 Å². The fourth-order valence-corrected chi connectivity index (χ4v) is 3.75. The van der Waals surface area contributed by atoms with Crippen LogP contribution < -0.4 is 9.64 Å². The summed E-state index contributed by atoms with van der Waals surface area (Å²) in [7, 11) is 0. The topological polar surface area (TPSA) is 29.5 Å². The molecular weight excluding hydrogens is 370 g/mol. The van der Waals surface area contributed by atoms with Crippen LogP contribution in [0.3, 0.4) is 0 Å². The number of aryl methyl sites for hydroxylation is 2. The first-order valence-corrected chi connectivity index (χ1v) is 10.8. The van der Waals surface area contributed by atoms with Crippen LogP contribution in [0.2, 0.25) is 0 Å². The van der Waals surface area contributed by atoms with E-state index in [0.29, 0.717) is 24.9 Å². The van der Waals surface area contributed by atoms with E-state index in [1.54, 1.807) is 0 Å². The average Bonchev–Trinajstić information content (AvgIpc) is 2.72. The van der Waals surface area contributed by atoms with Gasteiger partial charge >= 0.3 is 0 Å². The Hall–Kier alpha value is -2.00. The Labute approximate surface area is 173 Å². The quantitative estimate of drug-likeness (QED) is 0.519. The summed E-state index contributed by atoms with van der Waals surface area (Å²) in [6, 6.07) is 14.0. The summed E-state index contributed by atoms with van der Waals surface area (Å²) in [5.41, 5.74) is 4.26. The van der Waals surface area contributed by atoms with Crippen LogP contribution in [0.15, 0.2) is 42.5 Å². The molecule has 0 spiro atoms. The predicted molar refractivity (Wildman–Crippen MR) is 117 cm³/mol. The third-order valence-corrected chi connectivity index (χ3v) is 5.35.